The lowest BCUT2D eigenvalue weighted by molar-refractivity contribution is 1.20. The minimum absolute atomic E-state index is 0.481. The second kappa shape index (κ2) is 3.97. The Morgan fingerprint density at radius 1 is 1.71 bits per heavy atom. The van der Waals surface area contributed by atoms with Crippen molar-refractivity contribution in [3.05, 3.63) is 0 Å². The Labute approximate surface area is 55.4 Å². The molecule has 0 atom stereocenters. The summed E-state index contributed by atoms with van der Waals surface area (Å²) in [5.74, 6) is 5.27. The average Bonchev–Trinajstić information content (AvgIpc) is 1.68. The van der Waals surface area contributed by atoms with Crippen LogP contribution in [-0.4, -0.2) is 5.84 Å². The molecule has 0 spiro atoms. The molecule has 0 aliphatic rings. The number of amidine groups is 1. The molecule has 4 nitrogen and oxygen atoms in total. The number of hydrogen-bond donors (Lipinski definition) is 1. The highest BCUT2D eigenvalue weighted by Gasteiger charge is 1.76. The predicted molar refractivity (Wildman–Crippen MR) is 36.2 cm³/mol. The molecule has 0 saturated carbocycles. The van der Waals surface area contributed by atoms with Crippen LogP contribution >= 0.6 is 22.9 Å². The molecule has 0 radical (unpaired) electrons. The first-order chi connectivity index (χ1) is 3.31. The second-order valence-corrected chi connectivity index (χ2v) is 1.28. The maximum atomic E-state index is 4.79. The van der Waals surface area contributed by atoms with E-state index >= 15 is 0 Å². The molecule has 5 heteroatoms. The summed E-state index contributed by atoms with van der Waals surface area (Å²) in [6.07, 6.45) is 0. The SMILES string of the molecule is C/C(N=NI)=N/N. The van der Waals surface area contributed by atoms with Crippen molar-refractivity contribution in [2.45, 2.75) is 6.92 Å². The Hall–Kier alpha value is -0.200. The van der Waals surface area contributed by atoms with Gasteiger partial charge in [0.05, 0.1) is 0 Å². The Morgan fingerprint density at radius 2 is 2.29 bits per heavy atom. The minimum atomic E-state index is 0.481. The Bertz CT molecular complexity index is 95.9. The van der Waals surface area contributed by atoms with Gasteiger partial charge >= 0.3 is 0 Å². The van der Waals surface area contributed by atoms with Gasteiger partial charge in [-0.15, -0.1) is 8.44 Å². The summed E-state index contributed by atoms with van der Waals surface area (Å²) in [6.45, 7) is 1.67. The summed E-state index contributed by atoms with van der Waals surface area (Å²) in [6, 6.07) is 0. The molecule has 40 valence electrons. The predicted octanol–water partition coefficient (Wildman–Crippen LogP) is 1.08. The standard InChI is InChI=1S/C2H5IN4/c1-2(5-4)6-7-3/h4H2,1H3/b5-2-,7-6?. The van der Waals surface area contributed by atoms with Gasteiger partial charge in [0.2, 0.25) is 0 Å². The summed E-state index contributed by atoms with van der Waals surface area (Å²) < 4.78 is 3.39. The molecule has 0 rings (SSSR count). The molecular formula is C2H5IN4. The molecule has 0 amide bonds. The molecule has 0 aromatic heterocycles. The number of hydrogen-bond acceptors (Lipinski definition) is 3. The summed E-state index contributed by atoms with van der Waals surface area (Å²) in [4.78, 5) is 0. The Balaban J connectivity index is 3.58. The maximum absolute atomic E-state index is 4.79. The highest BCUT2D eigenvalue weighted by molar-refractivity contribution is 14.1. The summed E-state index contributed by atoms with van der Waals surface area (Å²) in [7, 11) is 0. The smallest absolute Gasteiger partial charge is 0.167 e. The van der Waals surface area contributed by atoms with Gasteiger partial charge in [-0.3, -0.25) is 0 Å². The fraction of sp³-hybridized carbons (Fsp3) is 0.500. The number of nitrogens with zero attached hydrogens (tertiary/aromatic N) is 3. The fourth-order valence-corrected chi connectivity index (χ4v) is 0.393. The van der Waals surface area contributed by atoms with Crippen LogP contribution in [0.5, 0.6) is 0 Å². The normalized spacial score (nSPS) is 13.1. The van der Waals surface area contributed by atoms with Crippen LogP contribution in [0.3, 0.4) is 0 Å². The number of rotatable bonds is 0. The van der Waals surface area contributed by atoms with Crippen LogP contribution in [0.15, 0.2) is 13.5 Å². The number of hydrazone groups is 1. The van der Waals surface area contributed by atoms with E-state index in [2.05, 4.69) is 13.5 Å². The third kappa shape index (κ3) is 3.64. The van der Waals surface area contributed by atoms with Crippen LogP contribution in [0.2, 0.25) is 0 Å². The Kier molecular flexibility index (Phi) is 3.86. The second-order valence-electron chi connectivity index (χ2n) is 0.852. The topological polar surface area (TPSA) is 63.1 Å². The van der Waals surface area contributed by atoms with Crippen molar-refractivity contribution in [2.24, 2.45) is 19.4 Å². The van der Waals surface area contributed by atoms with E-state index in [0.717, 1.165) is 0 Å². The molecule has 7 heavy (non-hydrogen) atoms. The van der Waals surface area contributed by atoms with Gasteiger partial charge in [0, 0.05) is 0 Å². The van der Waals surface area contributed by atoms with Crippen LogP contribution in [-0.2, 0) is 0 Å². The maximum Gasteiger partial charge on any atom is 0.167 e. The summed E-state index contributed by atoms with van der Waals surface area (Å²) in [5.41, 5.74) is 0. The van der Waals surface area contributed by atoms with Gasteiger partial charge in [-0.25, -0.2) is 0 Å². The van der Waals surface area contributed by atoms with E-state index in [-0.39, 0.29) is 0 Å². The highest BCUT2D eigenvalue weighted by atomic mass is 127. The van der Waals surface area contributed by atoms with Crippen molar-refractivity contribution in [3.8, 4) is 0 Å². The monoisotopic (exact) mass is 212 g/mol. The van der Waals surface area contributed by atoms with Gasteiger partial charge < -0.3 is 5.84 Å². The van der Waals surface area contributed by atoms with Gasteiger partial charge in [-0.1, -0.05) is 0 Å². The van der Waals surface area contributed by atoms with Crippen molar-refractivity contribution in [3.63, 3.8) is 0 Å². The average molecular weight is 212 g/mol. The van der Waals surface area contributed by atoms with Crippen molar-refractivity contribution in [1.29, 1.82) is 0 Å². The van der Waals surface area contributed by atoms with Crippen LogP contribution in [0.4, 0.5) is 0 Å². The molecule has 0 fully saturated rings. The van der Waals surface area contributed by atoms with E-state index < -0.39 is 0 Å². The molecular weight excluding hydrogens is 207 g/mol. The molecule has 0 unspecified atom stereocenters. The molecule has 0 aromatic carbocycles. The van der Waals surface area contributed by atoms with E-state index in [1.807, 2.05) is 0 Å². The highest BCUT2D eigenvalue weighted by Crippen LogP contribution is 1.85. The van der Waals surface area contributed by atoms with E-state index in [4.69, 9.17) is 5.84 Å². The van der Waals surface area contributed by atoms with Crippen LogP contribution < -0.4 is 5.84 Å². The quantitative estimate of drug-likeness (QED) is 0.160. The third-order valence-corrected chi connectivity index (χ3v) is 0.585. The van der Waals surface area contributed by atoms with Crippen LogP contribution in [0, 0.1) is 0 Å². The fourth-order valence-electron chi connectivity index (χ4n) is 0.0805. The molecule has 0 aliphatic heterocycles. The third-order valence-electron chi connectivity index (χ3n) is 0.369. The lowest BCUT2D eigenvalue weighted by Crippen LogP contribution is -1.88. The molecule has 0 aromatic rings. The first-order valence-electron chi connectivity index (χ1n) is 1.57. The largest absolute Gasteiger partial charge is 0.321 e. The van der Waals surface area contributed by atoms with Crippen LogP contribution in [0.1, 0.15) is 6.92 Å². The van der Waals surface area contributed by atoms with Crippen molar-refractivity contribution < 1.29 is 0 Å². The van der Waals surface area contributed by atoms with E-state index in [9.17, 15) is 0 Å². The van der Waals surface area contributed by atoms with E-state index in [1.54, 1.807) is 29.8 Å². The lowest BCUT2D eigenvalue weighted by atomic mass is 10.7. The Morgan fingerprint density at radius 3 is 2.43 bits per heavy atom. The van der Waals surface area contributed by atoms with Crippen molar-refractivity contribution >= 4 is 28.7 Å². The van der Waals surface area contributed by atoms with Crippen LogP contribution in [0.25, 0.3) is 0 Å². The first-order valence-corrected chi connectivity index (χ1v) is 2.54. The van der Waals surface area contributed by atoms with E-state index in [0.29, 0.717) is 5.84 Å². The molecule has 2 N–H and O–H groups in total. The molecule has 0 aliphatic carbocycles. The zero-order valence-electron chi connectivity index (χ0n) is 3.80. The molecule has 0 bridgehead atoms. The molecule has 0 heterocycles. The minimum Gasteiger partial charge on any atom is -0.321 e. The molecule has 0 saturated heterocycles. The summed E-state index contributed by atoms with van der Waals surface area (Å²) in [5, 5.41) is 6.71. The number of halogens is 1. The van der Waals surface area contributed by atoms with Crippen molar-refractivity contribution in [2.75, 3.05) is 0 Å². The summed E-state index contributed by atoms with van der Waals surface area (Å²) >= 11 is 1.75. The van der Waals surface area contributed by atoms with Gasteiger partial charge in [0.15, 0.2) is 5.84 Å². The zero-order chi connectivity index (χ0) is 5.70. The van der Waals surface area contributed by atoms with Gasteiger partial charge in [-0.05, 0) is 6.92 Å². The van der Waals surface area contributed by atoms with Gasteiger partial charge in [0.1, 0.15) is 22.9 Å². The number of nitrogens with two attached hydrogens (primary N) is 1. The van der Waals surface area contributed by atoms with Gasteiger partial charge in [0.25, 0.3) is 0 Å². The zero-order valence-corrected chi connectivity index (χ0v) is 5.95. The van der Waals surface area contributed by atoms with Gasteiger partial charge in [-0.2, -0.15) is 5.10 Å². The first kappa shape index (κ1) is 6.80. The van der Waals surface area contributed by atoms with Crippen molar-refractivity contribution in [1.82, 2.24) is 0 Å². The lowest BCUT2D eigenvalue weighted by Gasteiger charge is -1.77. The van der Waals surface area contributed by atoms with E-state index in [1.165, 1.54) is 0 Å².